The van der Waals surface area contributed by atoms with Crippen LogP contribution >= 0.6 is 0 Å². The van der Waals surface area contributed by atoms with E-state index in [0.29, 0.717) is 0 Å². The molecule has 2 aromatic heterocycles. The quantitative estimate of drug-likeness (QED) is 0.185. The fourth-order valence-electron chi connectivity index (χ4n) is 7.50. The number of fused-ring (bicyclic) bond motifs is 7. The summed E-state index contributed by atoms with van der Waals surface area (Å²) in [4.78, 5) is 0. The highest BCUT2D eigenvalue weighted by Crippen LogP contribution is 2.49. The van der Waals surface area contributed by atoms with Crippen LogP contribution in [0.5, 0.6) is 0 Å². The van der Waals surface area contributed by atoms with Crippen LogP contribution in [0.15, 0.2) is 179 Å². The molecule has 0 saturated carbocycles. The van der Waals surface area contributed by atoms with Crippen LogP contribution in [0.3, 0.4) is 0 Å². The predicted octanol–water partition coefficient (Wildman–Crippen LogP) is 13.3. The third-order valence-electron chi connectivity index (χ3n) is 9.68. The first kappa shape index (κ1) is 26.8. The molecule has 48 heavy (non-hydrogen) atoms. The van der Waals surface area contributed by atoms with Gasteiger partial charge in [0.2, 0.25) is 0 Å². The van der Waals surface area contributed by atoms with Crippen LogP contribution in [-0.2, 0) is 0 Å². The van der Waals surface area contributed by atoms with Gasteiger partial charge in [-0.1, -0.05) is 152 Å². The van der Waals surface area contributed by atoms with Gasteiger partial charge in [-0.15, -0.1) is 0 Å². The molecule has 0 radical (unpaired) electrons. The molecule has 0 aliphatic rings. The van der Waals surface area contributed by atoms with Crippen molar-refractivity contribution < 1.29 is 8.83 Å². The number of para-hydroxylation sites is 1. The first-order chi connectivity index (χ1) is 23.8. The van der Waals surface area contributed by atoms with Crippen molar-refractivity contribution in [3.8, 4) is 44.7 Å². The van der Waals surface area contributed by atoms with Gasteiger partial charge in [-0.05, 0) is 62.0 Å². The lowest BCUT2D eigenvalue weighted by molar-refractivity contribution is 0.632. The van der Waals surface area contributed by atoms with Crippen LogP contribution < -0.4 is 0 Å². The second-order valence-corrected chi connectivity index (χ2v) is 12.4. The summed E-state index contributed by atoms with van der Waals surface area (Å²) in [5, 5.41) is 7.95. The van der Waals surface area contributed by atoms with Crippen molar-refractivity contribution in [2.45, 2.75) is 0 Å². The van der Waals surface area contributed by atoms with E-state index < -0.39 is 0 Å². The second-order valence-electron chi connectivity index (χ2n) is 12.4. The molecule has 10 aromatic rings. The van der Waals surface area contributed by atoms with Gasteiger partial charge < -0.3 is 8.83 Å². The summed E-state index contributed by atoms with van der Waals surface area (Å²) in [6, 6.07) is 60.2. The fourth-order valence-corrected chi connectivity index (χ4v) is 7.50. The van der Waals surface area contributed by atoms with Crippen LogP contribution in [0.25, 0.3) is 99.2 Å². The van der Waals surface area contributed by atoms with Gasteiger partial charge in [0.1, 0.15) is 22.5 Å². The highest BCUT2D eigenvalue weighted by molar-refractivity contribution is 6.26. The predicted molar refractivity (Wildman–Crippen MR) is 200 cm³/mol. The zero-order valence-corrected chi connectivity index (χ0v) is 26.0. The van der Waals surface area contributed by atoms with Gasteiger partial charge in [-0.3, -0.25) is 0 Å². The van der Waals surface area contributed by atoms with Gasteiger partial charge in [0.15, 0.2) is 0 Å². The molecule has 0 fully saturated rings. The molecule has 0 bridgehead atoms. The molecule has 2 heterocycles. The maximum absolute atomic E-state index is 6.85. The van der Waals surface area contributed by atoms with E-state index in [4.69, 9.17) is 8.83 Å². The Hall–Kier alpha value is -6.38. The van der Waals surface area contributed by atoms with Crippen LogP contribution in [0.2, 0.25) is 0 Å². The Morgan fingerprint density at radius 3 is 1.44 bits per heavy atom. The Morgan fingerprint density at radius 2 is 0.792 bits per heavy atom. The molecule has 0 N–H and O–H groups in total. The van der Waals surface area contributed by atoms with Crippen molar-refractivity contribution in [3.05, 3.63) is 170 Å². The van der Waals surface area contributed by atoms with Gasteiger partial charge >= 0.3 is 0 Å². The Bertz CT molecular complexity index is 2750. The van der Waals surface area contributed by atoms with Gasteiger partial charge in [-0.2, -0.15) is 0 Å². The Labute approximate surface area is 277 Å². The molecule has 0 amide bonds. The normalized spacial score (nSPS) is 11.8. The number of benzene rings is 8. The Kier molecular flexibility index (Phi) is 5.91. The molecular weight excluding hydrogens is 585 g/mol. The standard InChI is InChI=1S/C46H28O2/c1-3-13-29(14-4-1)30-23-25-32(26-24-30)43-34-18-7-9-20-36(34)44(37-21-10-8-19-35(37)43)39-27-38-33-17-11-12-22-41(33)47-45(38)40-28-42(48-46(39)40)31-15-5-2-6-16-31/h1-28H. The van der Waals surface area contributed by atoms with E-state index in [1.165, 1.54) is 43.8 Å². The zero-order valence-electron chi connectivity index (χ0n) is 26.0. The topological polar surface area (TPSA) is 26.3 Å². The summed E-state index contributed by atoms with van der Waals surface area (Å²) < 4.78 is 13.4. The summed E-state index contributed by atoms with van der Waals surface area (Å²) in [6.07, 6.45) is 0. The molecule has 0 aliphatic heterocycles. The maximum atomic E-state index is 6.85. The van der Waals surface area contributed by atoms with Crippen molar-refractivity contribution in [3.63, 3.8) is 0 Å². The van der Waals surface area contributed by atoms with Crippen LogP contribution in [-0.4, -0.2) is 0 Å². The van der Waals surface area contributed by atoms with E-state index in [1.807, 2.05) is 30.3 Å². The van der Waals surface area contributed by atoms with Crippen molar-refractivity contribution in [2.24, 2.45) is 0 Å². The van der Waals surface area contributed by atoms with Gasteiger partial charge in [0.05, 0.1) is 5.39 Å². The van der Waals surface area contributed by atoms with Crippen LogP contribution in [0, 0.1) is 0 Å². The van der Waals surface area contributed by atoms with Crippen molar-refractivity contribution in [2.75, 3.05) is 0 Å². The highest BCUT2D eigenvalue weighted by atomic mass is 16.3. The Balaban J connectivity index is 1.30. The van der Waals surface area contributed by atoms with Crippen molar-refractivity contribution >= 4 is 54.5 Å². The smallest absolute Gasteiger partial charge is 0.146 e. The van der Waals surface area contributed by atoms with E-state index in [9.17, 15) is 0 Å². The minimum absolute atomic E-state index is 0.823. The first-order valence-electron chi connectivity index (χ1n) is 16.3. The summed E-state index contributed by atoms with van der Waals surface area (Å²) in [5.41, 5.74) is 10.7. The minimum atomic E-state index is 0.823. The molecule has 0 unspecified atom stereocenters. The third kappa shape index (κ3) is 4.06. The minimum Gasteiger partial charge on any atom is -0.455 e. The first-order valence-corrected chi connectivity index (χ1v) is 16.3. The molecule has 0 aliphatic carbocycles. The van der Waals surface area contributed by atoms with Crippen LogP contribution in [0.1, 0.15) is 0 Å². The Morgan fingerprint density at radius 1 is 0.292 bits per heavy atom. The molecule has 2 nitrogen and oxygen atoms in total. The van der Waals surface area contributed by atoms with Gasteiger partial charge in [0.25, 0.3) is 0 Å². The summed E-state index contributed by atoms with van der Waals surface area (Å²) in [6.45, 7) is 0. The second kappa shape index (κ2) is 10.6. The number of furan rings is 2. The monoisotopic (exact) mass is 612 g/mol. The zero-order chi connectivity index (χ0) is 31.6. The highest BCUT2D eigenvalue weighted by Gasteiger charge is 2.23. The lowest BCUT2D eigenvalue weighted by atomic mass is 9.85. The van der Waals surface area contributed by atoms with E-state index in [2.05, 4.69) is 140 Å². The summed E-state index contributed by atoms with van der Waals surface area (Å²) in [5.74, 6) is 0.823. The third-order valence-corrected chi connectivity index (χ3v) is 9.68. The average molecular weight is 613 g/mol. The number of hydrogen-bond donors (Lipinski definition) is 0. The molecule has 224 valence electrons. The van der Waals surface area contributed by atoms with Crippen molar-refractivity contribution in [1.82, 2.24) is 0 Å². The number of rotatable bonds is 4. The van der Waals surface area contributed by atoms with E-state index in [1.54, 1.807) is 0 Å². The molecule has 0 saturated heterocycles. The van der Waals surface area contributed by atoms with Crippen LogP contribution in [0.4, 0.5) is 0 Å². The summed E-state index contributed by atoms with van der Waals surface area (Å²) in [7, 11) is 0. The molecule has 2 heteroatoms. The molecule has 0 spiro atoms. The lowest BCUT2D eigenvalue weighted by Crippen LogP contribution is -1.91. The molecule has 10 rings (SSSR count). The fraction of sp³-hybridized carbons (Fsp3) is 0. The lowest BCUT2D eigenvalue weighted by Gasteiger charge is -2.18. The number of hydrogen-bond acceptors (Lipinski definition) is 2. The summed E-state index contributed by atoms with van der Waals surface area (Å²) >= 11 is 0. The van der Waals surface area contributed by atoms with Gasteiger partial charge in [-0.25, -0.2) is 0 Å². The largest absolute Gasteiger partial charge is 0.455 e. The van der Waals surface area contributed by atoms with E-state index in [-0.39, 0.29) is 0 Å². The van der Waals surface area contributed by atoms with Gasteiger partial charge in [0, 0.05) is 27.5 Å². The maximum Gasteiger partial charge on any atom is 0.146 e. The van der Waals surface area contributed by atoms with Crippen molar-refractivity contribution in [1.29, 1.82) is 0 Å². The SMILES string of the molecule is c1ccc(-c2ccc(-c3c4ccccc4c(-c4cc5c6ccccc6oc5c5cc(-c6ccccc6)oc45)c4ccccc34)cc2)cc1. The van der Waals surface area contributed by atoms with E-state index in [0.717, 1.165) is 55.4 Å². The molecule has 8 aromatic carbocycles. The molecular formula is C46H28O2. The molecule has 0 atom stereocenters. The van der Waals surface area contributed by atoms with E-state index >= 15 is 0 Å². The average Bonchev–Trinajstić information content (AvgIpc) is 3.77.